The zero-order valence-electron chi connectivity index (χ0n) is 26.4. The third kappa shape index (κ3) is 12.3. The molecule has 0 aromatic rings. The minimum atomic E-state index is -2.79. The molecule has 1 unspecified atom stereocenters. The van der Waals surface area contributed by atoms with Crippen molar-refractivity contribution in [3.8, 4) is 0 Å². The van der Waals surface area contributed by atoms with Gasteiger partial charge in [0.05, 0.1) is 5.60 Å². The van der Waals surface area contributed by atoms with Crippen molar-refractivity contribution in [3.63, 3.8) is 0 Å². The van der Waals surface area contributed by atoms with Crippen molar-refractivity contribution in [1.29, 1.82) is 0 Å². The van der Waals surface area contributed by atoms with Gasteiger partial charge < -0.3 is 13.3 Å². The molecular formula is C32H68O3Si. The van der Waals surface area contributed by atoms with E-state index in [9.17, 15) is 0 Å². The van der Waals surface area contributed by atoms with Gasteiger partial charge >= 0.3 is 8.80 Å². The largest absolute Gasteiger partial charge is 0.501 e. The smallest absolute Gasteiger partial charge is 0.373 e. The van der Waals surface area contributed by atoms with Crippen LogP contribution in [-0.4, -0.2) is 27.6 Å². The SMILES string of the molecule is CCCCO[Si](CC)(OCCCC)OC(CCCC)(CCCC)C(CCCC)CC(CC)(CC)CC. The van der Waals surface area contributed by atoms with Gasteiger partial charge in [0.15, 0.2) is 0 Å². The maximum absolute atomic E-state index is 7.61. The van der Waals surface area contributed by atoms with Crippen LogP contribution in [0.5, 0.6) is 0 Å². The molecule has 218 valence electrons. The maximum Gasteiger partial charge on any atom is 0.501 e. The third-order valence-electron chi connectivity index (χ3n) is 8.92. The number of hydrogen-bond acceptors (Lipinski definition) is 3. The van der Waals surface area contributed by atoms with E-state index in [0.29, 0.717) is 11.3 Å². The van der Waals surface area contributed by atoms with Gasteiger partial charge in [-0.3, -0.25) is 0 Å². The first-order chi connectivity index (χ1) is 17.4. The molecule has 0 saturated carbocycles. The van der Waals surface area contributed by atoms with E-state index in [2.05, 4.69) is 62.3 Å². The zero-order valence-corrected chi connectivity index (χ0v) is 27.4. The van der Waals surface area contributed by atoms with Gasteiger partial charge in [0.25, 0.3) is 0 Å². The maximum atomic E-state index is 7.61. The van der Waals surface area contributed by atoms with Crippen molar-refractivity contribution in [2.45, 2.75) is 183 Å². The highest BCUT2D eigenvalue weighted by molar-refractivity contribution is 6.60. The van der Waals surface area contributed by atoms with Gasteiger partial charge in [0.1, 0.15) is 0 Å². The van der Waals surface area contributed by atoms with Crippen LogP contribution < -0.4 is 0 Å². The molecule has 0 aliphatic heterocycles. The van der Waals surface area contributed by atoms with Crippen LogP contribution in [0.4, 0.5) is 0 Å². The van der Waals surface area contributed by atoms with Crippen LogP contribution in [0.3, 0.4) is 0 Å². The quantitative estimate of drug-likeness (QED) is 0.0825. The topological polar surface area (TPSA) is 27.7 Å². The van der Waals surface area contributed by atoms with Crippen LogP contribution in [0.1, 0.15) is 171 Å². The highest BCUT2D eigenvalue weighted by Gasteiger charge is 2.51. The van der Waals surface area contributed by atoms with E-state index in [4.69, 9.17) is 13.3 Å². The Balaban J connectivity index is 6.62. The van der Waals surface area contributed by atoms with E-state index in [1.54, 1.807) is 0 Å². The molecule has 0 fully saturated rings. The van der Waals surface area contributed by atoms with Crippen LogP contribution in [0.2, 0.25) is 6.04 Å². The molecule has 36 heavy (non-hydrogen) atoms. The molecule has 0 saturated heterocycles. The van der Waals surface area contributed by atoms with Crippen LogP contribution >= 0.6 is 0 Å². The Labute approximate surface area is 229 Å². The molecule has 0 aromatic heterocycles. The molecule has 1 atom stereocenters. The van der Waals surface area contributed by atoms with Crippen LogP contribution in [0, 0.1) is 11.3 Å². The van der Waals surface area contributed by atoms with E-state index in [-0.39, 0.29) is 5.60 Å². The summed E-state index contributed by atoms with van der Waals surface area (Å²) >= 11 is 0. The van der Waals surface area contributed by atoms with Crippen molar-refractivity contribution in [2.75, 3.05) is 13.2 Å². The number of hydrogen-bond donors (Lipinski definition) is 0. The van der Waals surface area contributed by atoms with Gasteiger partial charge in [-0.2, -0.15) is 0 Å². The Kier molecular flexibility index (Phi) is 21.0. The molecular weight excluding hydrogens is 460 g/mol. The lowest BCUT2D eigenvalue weighted by atomic mass is 9.65. The van der Waals surface area contributed by atoms with Crippen molar-refractivity contribution >= 4 is 8.80 Å². The fraction of sp³-hybridized carbons (Fsp3) is 1.00. The lowest BCUT2D eigenvalue weighted by Gasteiger charge is -2.49. The summed E-state index contributed by atoms with van der Waals surface area (Å²) in [5.74, 6) is 0.568. The van der Waals surface area contributed by atoms with E-state index in [1.807, 2.05) is 0 Å². The van der Waals surface area contributed by atoms with Crippen molar-refractivity contribution < 1.29 is 13.3 Å². The van der Waals surface area contributed by atoms with Gasteiger partial charge in [-0.25, -0.2) is 0 Å². The molecule has 0 heterocycles. The molecule has 0 bridgehead atoms. The monoisotopic (exact) mass is 528 g/mol. The highest BCUT2D eigenvalue weighted by Crippen LogP contribution is 2.48. The van der Waals surface area contributed by atoms with Gasteiger partial charge in [0, 0.05) is 19.3 Å². The third-order valence-corrected chi connectivity index (χ3v) is 11.8. The predicted molar refractivity (Wildman–Crippen MR) is 162 cm³/mol. The summed E-state index contributed by atoms with van der Waals surface area (Å²) in [6.45, 7) is 22.5. The normalized spacial score (nSPS) is 13.9. The molecule has 0 radical (unpaired) electrons. The minimum absolute atomic E-state index is 0.132. The Morgan fingerprint density at radius 1 is 0.583 bits per heavy atom. The molecule has 0 aliphatic carbocycles. The lowest BCUT2D eigenvalue weighted by molar-refractivity contribution is -0.0934. The van der Waals surface area contributed by atoms with Crippen LogP contribution in [0.25, 0.3) is 0 Å². The number of rotatable bonds is 26. The second kappa shape index (κ2) is 21.0. The first-order valence-corrected chi connectivity index (χ1v) is 18.3. The fourth-order valence-corrected chi connectivity index (χ4v) is 8.46. The standard InChI is InChI=1S/C32H68O3Si/c1-10-19-24-30(29-31(15-6,16-7)17-8)32(25-20-11-2,26-21-12-3)35-36(18-9,33-27-22-13-4)34-28-23-14-5/h30H,10-29H2,1-9H3. The predicted octanol–water partition coefficient (Wildman–Crippen LogP) is 11.1. The van der Waals surface area contributed by atoms with Crippen molar-refractivity contribution in [1.82, 2.24) is 0 Å². The summed E-state index contributed by atoms with van der Waals surface area (Å²) in [5, 5.41) is 0. The van der Waals surface area contributed by atoms with Crippen molar-refractivity contribution in [2.24, 2.45) is 11.3 Å². The molecule has 0 amide bonds. The average Bonchev–Trinajstić information content (AvgIpc) is 2.91. The van der Waals surface area contributed by atoms with Gasteiger partial charge in [-0.05, 0) is 49.9 Å². The molecule has 0 spiro atoms. The van der Waals surface area contributed by atoms with E-state index in [0.717, 1.165) is 57.8 Å². The zero-order chi connectivity index (χ0) is 27.3. The first-order valence-electron chi connectivity index (χ1n) is 16.3. The molecule has 4 heteroatoms. The molecule has 0 rings (SSSR count). The summed E-state index contributed by atoms with van der Waals surface area (Å²) in [5.41, 5.74) is 0.278. The van der Waals surface area contributed by atoms with Gasteiger partial charge in [-0.1, -0.05) is 133 Å². The number of unbranched alkanes of at least 4 members (excludes halogenated alkanes) is 5. The Morgan fingerprint density at radius 3 is 1.39 bits per heavy atom. The molecule has 3 nitrogen and oxygen atoms in total. The average molecular weight is 529 g/mol. The summed E-state index contributed by atoms with van der Waals surface area (Å²) in [6, 6.07) is 0.876. The molecule has 0 N–H and O–H groups in total. The van der Waals surface area contributed by atoms with Gasteiger partial charge in [0.2, 0.25) is 0 Å². The Bertz CT molecular complexity index is 466. The van der Waals surface area contributed by atoms with Crippen LogP contribution in [0.15, 0.2) is 0 Å². The van der Waals surface area contributed by atoms with Gasteiger partial charge in [-0.15, -0.1) is 0 Å². The Hall–Kier alpha value is 0.0969. The molecule has 0 aliphatic rings. The van der Waals surface area contributed by atoms with E-state index in [1.165, 1.54) is 70.6 Å². The summed E-state index contributed by atoms with van der Waals surface area (Å²) < 4.78 is 21.1. The van der Waals surface area contributed by atoms with Crippen LogP contribution in [-0.2, 0) is 13.3 Å². The molecule has 0 aromatic carbocycles. The Morgan fingerprint density at radius 2 is 1.03 bits per heavy atom. The second-order valence-electron chi connectivity index (χ2n) is 11.4. The summed E-state index contributed by atoms with van der Waals surface area (Å²) in [6.07, 6.45) is 20.5. The lowest BCUT2D eigenvalue weighted by Crippen LogP contribution is -2.56. The first kappa shape index (κ1) is 36.1. The van der Waals surface area contributed by atoms with Crippen molar-refractivity contribution in [3.05, 3.63) is 0 Å². The summed E-state index contributed by atoms with van der Waals surface area (Å²) in [4.78, 5) is 0. The minimum Gasteiger partial charge on any atom is -0.373 e. The van der Waals surface area contributed by atoms with E-state index < -0.39 is 8.80 Å². The van der Waals surface area contributed by atoms with E-state index >= 15 is 0 Å². The second-order valence-corrected chi connectivity index (χ2v) is 14.3. The highest BCUT2D eigenvalue weighted by atomic mass is 28.4. The fourth-order valence-electron chi connectivity index (χ4n) is 5.81. The summed E-state index contributed by atoms with van der Waals surface area (Å²) in [7, 11) is -2.79.